The first kappa shape index (κ1) is 25.2. The van der Waals surface area contributed by atoms with Crippen molar-refractivity contribution < 1.29 is 22.8 Å². The molecule has 0 atom stereocenters. The standard InChI is InChI=1S/C25H36O5S/c1-2-3-4-5-6-7-8-9-10-11-12-15-21-16-13-17-22(20-21)30-24-19-14-18-23(26)25(24)31(27,28)29/h13-14,16-20,26H,2-12,15H2,1H3,(H,27,28,29). The van der Waals surface area contributed by atoms with Crippen LogP contribution < -0.4 is 4.74 Å². The Morgan fingerprint density at radius 2 is 1.39 bits per heavy atom. The second-order valence-corrected chi connectivity index (χ2v) is 9.47. The molecular formula is C25H36O5S. The van der Waals surface area contributed by atoms with E-state index in [1.807, 2.05) is 18.2 Å². The summed E-state index contributed by atoms with van der Waals surface area (Å²) in [5.74, 6) is -0.178. The fourth-order valence-corrected chi connectivity index (χ4v) is 4.42. The number of rotatable bonds is 15. The molecule has 0 saturated carbocycles. The van der Waals surface area contributed by atoms with E-state index in [0.29, 0.717) is 5.75 Å². The van der Waals surface area contributed by atoms with Gasteiger partial charge in [-0.3, -0.25) is 4.55 Å². The molecule has 0 aliphatic rings. The fourth-order valence-electron chi connectivity index (χ4n) is 3.73. The molecule has 6 heteroatoms. The predicted octanol–water partition coefficient (Wildman–Crippen LogP) is 7.28. The van der Waals surface area contributed by atoms with E-state index in [0.717, 1.165) is 18.4 Å². The molecule has 0 unspecified atom stereocenters. The predicted molar refractivity (Wildman–Crippen MR) is 125 cm³/mol. The van der Waals surface area contributed by atoms with Crippen LogP contribution in [0.1, 0.15) is 83.1 Å². The van der Waals surface area contributed by atoms with Crippen LogP contribution >= 0.6 is 0 Å². The second-order valence-electron chi connectivity index (χ2n) is 8.11. The lowest BCUT2D eigenvalue weighted by atomic mass is 10.0. The molecule has 0 bridgehead atoms. The van der Waals surface area contributed by atoms with E-state index in [1.54, 1.807) is 6.07 Å². The van der Waals surface area contributed by atoms with Gasteiger partial charge in [-0.15, -0.1) is 0 Å². The van der Waals surface area contributed by atoms with Crippen LogP contribution in [0.25, 0.3) is 0 Å². The maximum atomic E-state index is 11.6. The zero-order chi connectivity index (χ0) is 22.5. The lowest BCUT2D eigenvalue weighted by Gasteiger charge is -2.11. The molecule has 0 heterocycles. The number of aromatic hydroxyl groups is 1. The summed E-state index contributed by atoms with van der Waals surface area (Å²) >= 11 is 0. The largest absolute Gasteiger partial charge is 0.506 e. The molecule has 0 aliphatic carbocycles. The number of aryl methyl sites for hydroxylation is 1. The zero-order valence-electron chi connectivity index (χ0n) is 18.6. The lowest BCUT2D eigenvalue weighted by Crippen LogP contribution is -2.01. The molecule has 5 nitrogen and oxygen atoms in total. The molecule has 0 saturated heterocycles. The number of unbranched alkanes of at least 4 members (excludes halogenated alkanes) is 10. The third-order valence-corrected chi connectivity index (χ3v) is 6.34. The molecule has 31 heavy (non-hydrogen) atoms. The Morgan fingerprint density at radius 1 is 0.806 bits per heavy atom. The summed E-state index contributed by atoms with van der Waals surface area (Å²) in [5.41, 5.74) is 1.11. The SMILES string of the molecule is CCCCCCCCCCCCCc1cccc(Oc2cccc(O)c2S(=O)(=O)O)c1. The summed E-state index contributed by atoms with van der Waals surface area (Å²) in [6.45, 7) is 2.25. The maximum Gasteiger partial charge on any atom is 0.301 e. The summed E-state index contributed by atoms with van der Waals surface area (Å²) in [7, 11) is -4.60. The van der Waals surface area contributed by atoms with Crippen molar-refractivity contribution in [1.29, 1.82) is 0 Å². The van der Waals surface area contributed by atoms with E-state index in [2.05, 4.69) is 6.92 Å². The maximum absolute atomic E-state index is 11.6. The molecule has 0 aromatic heterocycles. The van der Waals surface area contributed by atoms with Crippen molar-refractivity contribution in [2.75, 3.05) is 0 Å². The normalized spacial score (nSPS) is 11.5. The Bertz CT molecular complexity index is 893. The highest BCUT2D eigenvalue weighted by atomic mass is 32.2. The summed E-state index contributed by atoms with van der Waals surface area (Å²) < 4.78 is 38.2. The van der Waals surface area contributed by atoms with Gasteiger partial charge in [-0.2, -0.15) is 8.42 Å². The zero-order valence-corrected chi connectivity index (χ0v) is 19.4. The smallest absolute Gasteiger partial charge is 0.301 e. The van der Waals surface area contributed by atoms with Crippen molar-refractivity contribution >= 4 is 10.1 Å². The molecule has 0 amide bonds. The van der Waals surface area contributed by atoms with Crippen LogP contribution in [-0.2, 0) is 16.5 Å². The van der Waals surface area contributed by atoms with Crippen molar-refractivity contribution in [1.82, 2.24) is 0 Å². The monoisotopic (exact) mass is 448 g/mol. The van der Waals surface area contributed by atoms with Crippen LogP contribution in [0.4, 0.5) is 0 Å². The molecule has 2 aromatic carbocycles. The topological polar surface area (TPSA) is 83.8 Å². The van der Waals surface area contributed by atoms with Crippen molar-refractivity contribution in [2.45, 2.75) is 88.9 Å². The van der Waals surface area contributed by atoms with Crippen molar-refractivity contribution in [3.63, 3.8) is 0 Å². The van der Waals surface area contributed by atoms with Crippen molar-refractivity contribution in [3.05, 3.63) is 48.0 Å². The first-order chi connectivity index (χ1) is 14.9. The van der Waals surface area contributed by atoms with Gasteiger partial charge in [-0.05, 0) is 42.7 Å². The summed E-state index contributed by atoms with van der Waals surface area (Å²) in [6, 6.07) is 11.5. The third-order valence-electron chi connectivity index (χ3n) is 5.41. The molecular weight excluding hydrogens is 412 g/mol. The van der Waals surface area contributed by atoms with E-state index < -0.39 is 20.8 Å². The molecule has 0 fully saturated rings. The Hall–Kier alpha value is -2.05. The highest BCUT2D eigenvalue weighted by molar-refractivity contribution is 7.86. The van der Waals surface area contributed by atoms with Gasteiger partial charge >= 0.3 is 10.1 Å². The molecule has 0 radical (unpaired) electrons. The Balaban J connectivity index is 1.75. The Labute approximate surface area is 187 Å². The first-order valence-electron chi connectivity index (χ1n) is 11.5. The molecule has 2 rings (SSSR count). The molecule has 172 valence electrons. The molecule has 0 aliphatic heterocycles. The average Bonchev–Trinajstić information content (AvgIpc) is 2.71. The minimum Gasteiger partial charge on any atom is -0.506 e. The number of phenolic OH excluding ortho intramolecular Hbond substituents is 1. The number of ether oxygens (including phenoxy) is 1. The highest BCUT2D eigenvalue weighted by Gasteiger charge is 2.22. The summed E-state index contributed by atoms with van der Waals surface area (Å²) in [4.78, 5) is -0.620. The first-order valence-corrected chi connectivity index (χ1v) is 12.9. The van der Waals surface area contributed by atoms with Gasteiger partial charge < -0.3 is 9.84 Å². The quantitative estimate of drug-likeness (QED) is 0.221. The van der Waals surface area contributed by atoms with Gasteiger partial charge in [-0.1, -0.05) is 89.3 Å². The van der Waals surface area contributed by atoms with Gasteiger partial charge in [-0.25, -0.2) is 0 Å². The third kappa shape index (κ3) is 9.32. The summed E-state index contributed by atoms with van der Waals surface area (Å²) in [5, 5.41) is 9.81. The van der Waals surface area contributed by atoms with E-state index in [9.17, 15) is 18.1 Å². The minimum atomic E-state index is -4.60. The van der Waals surface area contributed by atoms with Crippen molar-refractivity contribution in [3.8, 4) is 17.2 Å². The van der Waals surface area contributed by atoms with Gasteiger partial charge in [0.15, 0.2) is 10.6 Å². The molecule has 2 N–H and O–H groups in total. The number of hydrogen-bond acceptors (Lipinski definition) is 4. The van der Waals surface area contributed by atoms with Crippen molar-refractivity contribution in [2.24, 2.45) is 0 Å². The van der Waals surface area contributed by atoms with Crippen LogP contribution in [-0.4, -0.2) is 18.1 Å². The van der Waals surface area contributed by atoms with Crippen LogP contribution in [0.3, 0.4) is 0 Å². The number of benzene rings is 2. The van der Waals surface area contributed by atoms with Gasteiger partial charge in [0.1, 0.15) is 11.5 Å². The van der Waals surface area contributed by atoms with E-state index in [1.165, 1.54) is 82.4 Å². The van der Waals surface area contributed by atoms with Gasteiger partial charge in [0, 0.05) is 0 Å². The lowest BCUT2D eigenvalue weighted by molar-refractivity contribution is 0.415. The van der Waals surface area contributed by atoms with Crippen LogP contribution in [0, 0.1) is 0 Å². The summed E-state index contributed by atoms with van der Waals surface area (Å²) in [6.07, 6.45) is 15.2. The minimum absolute atomic E-state index is 0.102. The van der Waals surface area contributed by atoms with Gasteiger partial charge in [0.2, 0.25) is 0 Å². The van der Waals surface area contributed by atoms with Gasteiger partial charge in [0.05, 0.1) is 0 Å². The highest BCUT2D eigenvalue weighted by Crippen LogP contribution is 2.35. The second kappa shape index (κ2) is 13.4. The Morgan fingerprint density at radius 3 is 2.00 bits per heavy atom. The fraction of sp³-hybridized carbons (Fsp3) is 0.520. The van der Waals surface area contributed by atoms with Crippen LogP contribution in [0.2, 0.25) is 0 Å². The number of phenols is 1. The van der Waals surface area contributed by atoms with E-state index in [4.69, 9.17) is 4.74 Å². The van der Waals surface area contributed by atoms with Crippen LogP contribution in [0.15, 0.2) is 47.4 Å². The molecule has 0 spiro atoms. The van der Waals surface area contributed by atoms with E-state index in [-0.39, 0.29) is 5.75 Å². The van der Waals surface area contributed by atoms with E-state index >= 15 is 0 Å². The van der Waals surface area contributed by atoms with Gasteiger partial charge in [0.25, 0.3) is 0 Å². The average molecular weight is 449 g/mol. The Kier molecular flexibility index (Phi) is 10.9. The molecule has 2 aromatic rings. The van der Waals surface area contributed by atoms with Crippen LogP contribution in [0.5, 0.6) is 17.2 Å². The number of hydrogen-bond donors (Lipinski definition) is 2.